The van der Waals surface area contributed by atoms with Crippen LogP contribution in [0.25, 0.3) is 0 Å². The third-order valence-corrected chi connectivity index (χ3v) is 3.31. The van der Waals surface area contributed by atoms with E-state index in [0.717, 1.165) is 25.8 Å². The molecule has 3 nitrogen and oxygen atoms in total. The van der Waals surface area contributed by atoms with Crippen LogP contribution in [-0.4, -0.2) is 25.2 Å². The Bertz CT molecular complexity index is 207. The molecule has 0 amide bonds. The molecule has 0 radical (unpaired) electrons. The molecule has 0 fully saturated rings. The Morgan fingerprint density at radius 2 is 1.58 bits per heavy atom. The van der Waals surface area contributed by atoms with Gasteiger partial charge in [0.05, 0.1) is 6.61 Å². The van der Waals surface area contributed by atoms with Gasteiger partial charge >= 0.3 is 5.97 Å². The fraction of sp³-hybridized carbons (Fsp3) is 0.938. The maximum atomic E-state index is 11.8. The molecule has 1 unspecified atom stereocenters. The first-order chi connectivity index (χ1) is 9.26. The predicted octanol–water partition coefficient (Wildman–Crippen LogP) is 4.06. The lowest BCUT2D eigenvalue weighted by atomic mass is 10.0. The molecule has 0 aromatic carbocycles. The zero-order valence-electron chi connectivity index (χ0n) is 13.2. The minimum atomic E-state index is -0.101. The number of carbonyl (C=O) groups is 1. The van der Waals surface area contributed by atoms with Gasteiger partial charge in [0.2, 0.25) is 0 Å². The maximum absolute atomic E-state index is 11.8. The third kappa shape index (κ3) is 11.0. The number of hydrogen-bond acceptors (Lipinski definition) is 3. The van der Waals surface area contributed by atoms with Crippen molar-refractivity contribution < 1.29 is 9.53 Å². The summed E-state index contributed by atoms with van der Waals surface area (Å²) in [6, 6.07) is -0.101. The molecule has 1 N–H and O–H groups in total. The van der Waals surface area contributed by atoms with Crippen molar-refractivity contribution in [2.24, 2.45) is 0 Å². The van der Waals surface area contributed by atoms with Gasteiger partial charge in [-0.05, 0) is 26.3 Å². The largest absolute Gasteiger partial charge is 0.465 e. The fourth-order valence-corrected chi connectivity index (χ4v) is 2.17. The Morgan fingerprint density at radius 3 is 2.16 bits per heavy atom. The molecule has 0 heterocycles. The van der Waals surface area contributed by atoms with Crippen molar-refractivity contribution in [1.29, 1.82) is 0 Å². The summed E-state index contributed by atoms with van der Waals surface area (Å²) >= 11 is 0. The second kappa shape index (κ2) is 13.9. The van der Waals surface area contributed by atoms with Gasteiger partial charge in [0, 0.05) is 0 Å². The molecule has 0 aromatic heterocycles. The van der Waals surface area contributed by atoms with Gasteiger partial charge < -0.3 is 10.1 Å². The first-order valence-corrected chi connectivity index (χ1v) is 8.16. The van der Waals surface area contributed by atoms with Crippen molar-refractivity contribution in [1.82, 2.24) is 5.32 Å². The summed E-state index contributed by atoms with van der Waals surface area (Å²) in [5, 5.41) is 3.29. The van der Waals surface area contributed by atoms with Crippen LogP contribution < -0.4 is 5.32 Å². The summed E-state index contributed by atoms with van der Waals surface area (Å²) in [6.07, 6.45) is 10.9. The summed E-state index contributed by atoms with van der Waals surface area (Å²) in [5.74, 6) is -0.0815. The van der Waals surface area contributed by atoms with Crippen LogP contribution in [0.15, 0.2) is 0 Å². The van der Waals surface area contributed by atoms with Crippen LogP contribution in [0.4, 0.5) is 0 Å². The second-order valence-corrected chi connectivity index (χ2v) is 5.17. The highest BCUT2D eigenvalue weighted by atomic mass is 16.5. The van der Waals surface area contributed by atoms with Crippen molar-refractivity contribution in [3.63, 3.8) is 0 Å². The van der Waals surface area contributed by atoms with Gasteiger partial charge in [-0.25, -0.2) is 0 Å². The molecule has 0 saturated carbocycles. The number of nitrogens with one attached hydrogen (secondary N) is 1. The van der Waals surface area contributed by atoms with Gasteiger partial charge in [0.1, 0.15) is 6.04 Å². The molecule has 114 valence electrons. The summed E-state index contributed by atoms with van der Waals surface area (Å²) in [4.78, 5) is 11.8. The van der Waals surface area contributed by atoms with E-state index in [0.29, 0.717) is 6.61 Å². The summed E-state index contributed by atoms with van der Waals surface area (Å²) in [6.45, 7) is 7.58. The Balaban J connectivity index is 3.70. The van der Waals surface area contributed by atoms with Gasteiger partial charge in [-0.1, -0.05) is 58.8 Å². The van der Waals surface area contributed by atoms with Gasteiger partial charge in [-0.15, -0.1) is 0 Å². The van der Waals surface area contributed by atoms with Gasteiger partial charge in [-0.3, -0.25) is 4.79 Å². The lowest BCUT2D eigenvalue weighted by molar-refractivity contribution is -0.145. The molecular weight excluding hydrogens is 238 g/mol. The average Bonchev–Trinajstić information content (AvgIpc) is 2.41. The molecule has 0 aromatic rings. The number of unbranched alkanes of at least 4 members (excludes halogenated alkanes) is 6. The minimum Gasteiger partial charge on any atom is -0.465 e. The van der Waals surface area contributed by atoms with Crippen LogP contribution in [-0.2, 0) is 9.53 Å². The first-order valence-electron chi connectivity index (χ1n) is 8.16. The zero-order chi connectivity index (χ0) is 14.3. The summed E-state index contributed by atoms with van der Waals surface area (Å²) in [5.41, 5.74) is 0. The highest BCUT2D eigenvalue weighted by Gasteiger charge is 2.17. The molecule has 0 bridgehead atoms. The minimum absolute atomic E-state index is 0.0815. The Kier molecular flexibility index (Phi) is 13.4. The van der Waals surface area contributed by atoms with E-state index >= 15 is 0 Å². The molecule has 0 aliphatic heterocycles. The monoisotopic (exact) mass is 271 g/mol. The highest BCUT2D eigenvalue weighted by Crippen LogP contribution is 2.10. The lowest BCUT2D eigenvalue weighted by Crippen LogP contribution is -2.38. The Labute approximate surface area is 119 Å². The molecule has 0 saturated heterocycles. The van der Waals surface area contributed by atoms with Crippen molar-refractivity contribution >= 4 is 5.97 Å². The molecule has 1 atom stereocenters. The van der Waals surface area contributed by atoms with E-state index in [1.54, 1.807) is 0 Å². The van der Waals surface area contributed by atoms with Crippen molar-refractivity contribution in [3.05, 3.63) is 0 Å². The fourth-order valence-electron chi connectivity index (χ4n) is 2.17. The molecule has 0 aliphatic rings. The molecule has 0 spiro atoms. The van der Waals surface area contributed by atoms with Crippen LogP contribution in [0.5, 0.6) is 0 Å². The van der Waals surface area contributed by atoms with Crippen LogP contribution in [0.3, 0.4) is 0 Å². The SMILES string of the molecule is CCCCCCCCCC(NCCC)C(=O)OCC. The smallest absolute Gasteiger partial charge is 0.323 e. The Morgan fingerprint density at radius 1 is 0.947 bits per heavy atom. The molecule has 19 heavy (non-hydrogen) atoms. The van der Waals surface area contributed by atoms with Gasteiger partial charge in [0.25, 0.3) is 0 Å². The molecule has 0 rings (SSSR count). The van der Waals surface area contributed by atoms with Crippen LogP contribution >= 0.6 is 0 Å². The number of carbonyl (C=O) groups excluding carboxylic acids is 1. The number of rotatable bonds is 13. The lowest BCUT2D eigenvalue weighted by Gasteiger charge is -2.16. The second-order valence-electron chi connectivity index (χ2n) is 5.17. The van der Waals surface area contributed by atoms with E-state index in [2.05, 4.69) is 19.2 Å². The third-order valence-electron chi connectivity index (χ3n) is 3.31. The normalized spacial score (nSPS) is 12.4. The quantitative estimate of drug-likeness (QED) is 0.405. The predicted molar refractivity (Wildman–Crippen MR) is 81.3 cm³/mol. The van der Waals surface area contributed by atoms with Crippen LogP contribution in [0.2, 0.25) is 0 Å². The zero-order valence-corrected chi connectivity index (χ0v) is 13.2. The van der Waals surface area contributed by atoms with E-state index in [-0.39, 0.29) is 12.0 Å². The van der Waals surface area contributed by atoms with Gasteiger partial charge in [-0.2, -0.15) is 0 Å². The number of esters is 1. The molecular formula is C16H33NO2. The summed E-state index contributed by atoms with van der Waals surface area (Å²) < 4.78 is 5.11. The van der Waals surface area contributed by atoms with E-state index in [4.69, 9.17) is 4.74 Å². The van der Waals surface area contributed by atoms with E-state index in [1.807, 2.05) is 6.92 Å². The standard InChI is InChI=1S/C16H33NO2/c1-4-7-8-9-10-11-12-13-15(17-14-5-2)16(18)19-6-3/h15,17H,4-14H2,1-3H3. The first kappa shape index (κ1) is 18.4. The van der Waals surface area contributed by atoms with E-state index in [9.17, 15) is 4.79 Å². The number of hydrogen-bond donors (Lipinski definition) is 1. The highest BCUT2D eigenvalue weighted by molar-refractivity contribution is 5.75. The molecule has 0 aliphatic carbocycles. The van der Waals surface area contributed by atoms with Crippen molar-refractivity contribution in [3.8, 4) is 0 Å². The summed E-state index contributed by atoms with van der Waals surface area (Å²) in [7, 11) is 0. The van der Waals surface area contributed by atoms with Crippen LogP contribution in [0, 0.1) is 0 Å². The van der Waals surface area contributed by atoms with E-state index < -0.39 is 0 Å². The van der Waals surface area contributed by atoms with Crippen molar-refractivity contribution in [2.45, 2.75) is 84.6 Å². The maximum Gasteiger partial charge on any atom is 0.323 e. The van der Waals surface area contributed by atoms with E-state index in [1.165, 1.54) is 38.5 Å². The van der Waals surface area contributed by atoms with Crippen molar-refractivity contribution in [2.75, 3.05) is 13.2 Å². The van der Waals surface area contributed by atoms with Crippen LogP contribution in [0.1, 0.15) is 78.6 Å². The van der Waals surface area contributed by atoms with Gasteiger partial charge in [0.15, 0.2) is 0 Å². The number of ether oxygens (including phenoxy) is 1. The Hall–Kier alpha value is -0.570. The molecule has 3 heteroatoms. The average molecular weight is 271 g/mol. The topological polar surface area (TPSA) is 38.3 Å².